The Kier molecular flexibility index (Phi) is 3.49. The van der Waals surface area contributed by atoms with Crippen LogP contribution in [0.25, 0.3) is 0 Å². The molecule has 0 unspecified atom stereocenters. The molecule has 2 heterocycles. The van der Waals surface area contributed by atoms with E-state index in [9.17, 15) is 0 Å². The van der Waals surface area contributed by atoms with Crippen molar-refractivity contribution >= 4 is 17.4 Å². The van der Waals surface area contributed by atoms with E-state index in [1.54, 1.807) is 7.11 Å². The normalized spacial score (nSPS) is 17.6. The average Bonchev–Trinajstić information content (AvgIpc) is 2.30. The maximum Gasteiger partial charge on any atom is 0.199 e. The van der Waals surface area contributed by atoms with E-state index in [0.29, 0.717) is 10.9 Å². The molecular weight excluding hydrogens is 226 g/mol. The highest BCUT2D eigenvalue weighted by atomic mass is 35.5. The Balaban J connectivity index is 2.23. The van der Waals surface area contributed by atoms with Crippen LogP contribution in [-0.4, -0.2) is 30.2 Å². The largest absolute Gasteiger partial charge is 0.490 e. The summed E-state index contributed by atoms with van der Waals surface area (Å²) in [4.78, 5) is 10.4. The lowest BCUT2D eigenvalue weighted by Gasteiger charge is -2.31. The highest BCUT2D eigenvalue weighted by Gasteiger charge is 2.21. The number of halogens is 1. The first-order valence-corrected chi connectivity index (χ1v) is 5.89. The second kappa shape index (κ2) is 4.87. The summed E-state index contributed by atoms with van der Waals surface area (Å²) in [7, 11) is 1.60. The van der Waals surface area contributed by atoms with Gasteiger partial charge in [0.25, 0.3) is 0 Å². The standard InChI is InChI=1S/C11H16ClN3O/c1-8-3-5-15(6-4-8)11-9(16-2)10(12)13-7-14-11/h7-8H,3-6H2,1-2H3. The maximum absolute atomic E-state index is 5.97. The average molecular weight is 242 g/mol. The van der Waals surface area contributed by atoms with E-state index in [1.165, 1.54) is 19.2 Å². The van der Waals surface area contributed by atoms with Crippen LogP contribution in [0.4, 0.5) is 5.82 Å². The predicted octanol–water partition coefficient (Wildman–Crippen LogP) is 2.37. The van der Waals surface area contributed by atoms with Crippen molar-refractivity contribution in [2.75, 3.05) is 25.1 Å². The van der Waals surface area contributed by atoms with Gasteiger partial charge in [0, 0.05) is 13.1 Å². The molecule has 0 N–H and O–H groups in total. The third-order valence-electron chi connectivity index (χ3n) is 3.03. The zero-order chi connectivity index (χ0) is 11.5. The maximum atomic E-state index is 5.97. The number of hydrogen-bond donors (Lipinski definition) is 0. The number of ether oxygens (including phenoxy) is 1. The van der Waals surface area contributed by atoms with E-state index < -0.39 is 0 Å². The van der Waals surface area contributed by atoms with Gasteiger partial charge in [0.05, 0.1) is 7.11 Å². The van der Waals surface area contributed by atoms with Gasteiger partial charge in [-0.2, -0.15) is 0 Å². The second-order valence-corrected chi connectivity index (χ2v) is 4.55. The molecule has 0 spiro atoms. The van der Waals surface area contributed by atoms with Crippen molar-refractivity contribution in [2.45, 2.75) is 19.8 Å². The molecule has 0 amide bonds. The minimum atomic E-state index is 0.381. The third kappa shape index (κ3) is 2.21. The molecule has 4 nitrogen and oxygen atoms in total. The number of piperidine rings is 1. The molecular formula is C11H16ClN3O. The third-order valence-corrected chi connectivity index (χ3v) is 3.30. The zero-order valence-electron chi connectivity index (χ0n) is 9.61. The molecule has 1 aliphatic heterocycles. The second-order valence-electron chi connectivity index (χ2n) is 4.19. The molecule has 0 bridgehead atoms. The molecule has 1 aliphatic rings. The summed E-state index contributed by atoms with van der Waals surface area (Å²) in [5.41, 5.74) is 0. The van der Waals surface area contributed by atoms with Gasteiger partial charge in [-0.25, -0.2) is 9.97 Å². The summed E-state index contributed by atoms with van der Waals surface area (Å²) in [6.07, 6.45) is 3.85. The summed E-state index contributed by atoms with van der Waals surface area (Å²) in [5, 5.41) is 0.381. The van der Waals surface area contributed by atoms with Gasteiger partial charge in [0.1, 0.15) is 6.33 Å². The van der Waals surface area contributed by atoms with Gasteiger partial charge in [-0.15, -0.1) is 0 Å². The van der Waals surface area contributed by atoms with Crippen molar-refractivity contribution in [3.63, 3.8) is 0 Å². The Morgan fingerprint density at radius 3 is 2.69 bits per heavy atom. The molecule has 1 aromatic heterocycles. The van der Waals surface area contributed by atoms with Gasteiger partial charge in [-0.3, -0.25) is 0 Å². The fraction of sp³-hybridized carbons (Fsp3) is 0.636. The van der Waals surface area contributed by atoms with E-state index in [0.717, 1.165) is 24.8 Å². The Hall–Kier alpha value is -1.03. The van der Waals surface area contributed by atoms with Gasteiger partial charge in [0.2, 0.25) is 0 Å². The summed E-state index contributed by atoms with van der Waals surface area (Å²) >= 11 is 5.97. The van der Waals surface area contributed by atoms with Crippen LogP contribution < -0.4 is 9.64 Å². The van der Waals surface area contributed by atoms with Crippen molar-refractivity contribution in [2.24, 2.45) is 5.92 Å². The molecule has 1 saturated heterocycles. The molecule has 88 valence electrons. The molecule has 0 radical (unpaired) electrons. The van der Waals surface area contributed by atoms with Crippen molar-refractivity contribution in [1.82, 2.24) is 9.97 Å². The Bertz CT molecular complexity index is 364. The van der Waals surface area contributed by atoms with E-state index in [1.807, 2.05) is 0 Å². The van der Waals surface area contributed by atoms with Crippen molar-refractivity contribution in [1.29, 1.82) is 0 Å². The number of anilines is 1. The number of nitrogens with zero attached hydrogens (tertiary/aromatic N) is 3. The number of aromatic nitrogens is 2. The topological polar surface area (TPSA) is 38.3 Å². The molecule has 1 fully saturated rings. The first kappa shape index (κ1) is 11.5. The van der Waals surface area contributed by atoms with E-state index in [4.69, 9.17) is 16.3 Å². The lowest BCUT2D eigenvalue weighted by Crippen LogP contribution is -2.33. The van der Waals surface area contributed by atoms with Gasteiger partial charge in [-0.1, -0.05) is 18.5 Å². The Labute approximate surface area is 101 Å². The Morgan fingerprint density at radius 2 is 2.06 bits per heavy atom. The van der Waals surface area contributed by atoms with Gasteiger partial charge in [-0.05, 0) is 18.8 Å². The van der Waals surface area contributed by atoms with Crippen LogP contribution in [0.5, 0.6) is 5.75 Å². The zero-order valence-corrected chi connectivity index (χ0v) is 10.4. The fourth-order valence-electron chi connectivity index (χ4n) is 1.96. The van der Waals surface area contributed by atoms with Crippen LogP contribution in [0.15, 0.2) is 6.33 Å². The van der Waals surface area contributed by atoms with Crippen LogP contribution in [0, 0.1) is 5.92 Å². The minimum absolute atomic E-state index is 0.381. The predicted molar refractivity (Wildman–Crippen MR) is 64.2 cm³/mol. The van der Waals surface area contributed by atoms with E-state index >= 15 is 0 Å². The highest BCUT2D eigenvalue weighted by Crippen LogP contribution is 2.33. The monoisotopic (exact) mass is 241 g/mol. The fourth-order valence-corrected chi connectivity index (χ4v) is 2.17. The summed E-state index contributed by atoms with van der Waals surface area (Å²) in [6.45, 7) is 4.29. The highest BCUT2D eigenvalue weighted by molar-refractivity contribution is 6.31. The summed E-state index contributed by atoms with van der Waals surface area (Å²) in [5.74, 6) is 2.19. The first-order chi connectivity index (χ1) is 7.72. The molecule has 0 saturated carbocycles. The lowest BCUT2D eigenvalue weighted by atomic mass is 9.99. The molecule has 0 aliphatic carbocycles. The van der Waals surface area contributed by atoms with Crippen LogP contribution >= 0.6 is 11.6 Å². The number of rotatable bonds is 2. The summed E-state index contributed by atoms with van der Waals surface area (Å²) < 4.78 is 5.26. The van der Waals surface area contributed by atoms with Gasteiger partial charge < -0.3 is 9.64 Å². The molecule has 1 aromatic rings. The first-order valence-electron chi connectivity index (χ1n) is 5.51. The van der Waals surface area contributed by atoms with Crippen molar-refractivity contribution in [3.05, 3.63) is 11.5 Å². The summed E-state index contributed by atoms with van der Waals surface area (Å²) in [6, 6.07) is 0. The lowest BCUT2D eigenvalue weighted by molar-refractivity contribution is 0.399. The molecule has 0 atom stereocenters. The van der Waals surface area contributed by atoms with Crippen LogP contribution in [0.2, 0.25) is 5.15 Å². The van der Waals surface area contributed by atoms with Crippen LogP contribution in [-0.2, 0) is 0 Å². The molecule has 5 heteroatoms. The van der Waals surface area contributed by atoms with E-state index in [2.05, 4.69) is 21.8 Å². The van der Waals surface area contributed by atoms with Gasteiger partial charge in [0.15, 0.2) is 16.7 Å². The number of hydrogen-bond acceptors (Lipinski definition) is 4. The van der Waals surface area contributed by atoms with Crippen LogP contribution in [0.3, 0.4) is 0 Å². The van der Waals surface area contributed by atoms with E-state index in [-0.39, 0.29) is 0 Å². The smallest absolute Gasteiger partial charge is 0.199 e. The quantitative estimate of drug-likeness (QED) is 0.746. The molecule has 2 rings (SSSR count). The SMILES string of the molecule is COc1c(Cl)ncnc1N1CCC(C)CC1. The minimum Gasteiger partial charge on any atom is -0.490 e. The Morgan fingerprint density at radius 1 is 1.38 bits per heavy atom. The van der Waals surface area contributed by atoms with Gasteiger partial charge >= 0.3 is 0 Å². The van der Waals surface area contributed by atoms with Crippen molar-refractivity contribution in [3.8, 4) is 5.75 Å². The molecule has 16 heavy (non-hydrogen) atoms. The molecule has 0 aromatic carbocycles. The number of methoxy groups -OCH3 is 1. The van der Waals surface area contributed by atoms with Crippen LogP contribution in [0.1, 0.15) is 19.8 Å². The van der Waals surface area contributed by atoms with Crippen molar-refractivity contribution < 1.29 is 4.74 Å².